The first kappa shape index (κ1) is 16.7. The highest BCUT2D eigenvalue weighted by molar-refractivity contribution is 14.1. The normalized spacial score (nSPS) is 33.3. The fourth-order valence-electron chi connectivity index (χ4n) is 3.78. The van der Waals surface area contributed by atoms with Gasteiger partial charge in [-0.15, -0.1) is 0 Å². The number of methoxy groups -OCH3 is 1. The minimum atomic E-state index is -0.454. The number of rotatable bonds is 3. The molecule has 3 rings (SSSR count). The van der Waals surface area contributed by atoms with Crippen LogP contribution in [0, 0.1) is 5.92 Å². The van der Waals surface area contributed by atoms with Crippen molar-refractivity contribution < 1.29 is 19.1 Å². The standard InChI is InChI=1S/C17H20INO4/c1-19-11-8-9-12(19)14(18)15(13(11)17(21)22-2)23-16(20)10-6-4-3-5-7-10/h3-7,11-15H,8-9H2,1-2H3/t11-,12+,13+,14?,15-/m0/s1. The Balaban J connectivity index is 1.86. The van der Waals surface area contributed by atoms with Crippen molar-refractivity contribution in [1.82, 2.24) is 4.90 Å². The minimum absolute atomic E-state index is 0.0631. The number of hydrogen-bond donors (Lipinski definition) is 0. The van der Waals surface area contributed by atoms with Crippen LogP contribution in [-0.2, 0) is 14.3 Å². The third-order valence-electron chi connectivity index (χ3n) is 4.98. The molecule has 0 radical (unpaired) electrons. The lowest BCUT2D eigenvalue weighted by molar-refractivity contribution is -0.155. The molecule has 0 amide bonds. The molecule has 0 saturated carbocycles. The summed E-state index contributed by atoms with van der Waals surface area (Å²) in [7, 11) is 3.43. The van der Waals surface area contributed by atoms with Crippen LogP contribution in [0.15, 0.2) is 30.3 Å². The summed E-state index contributed by atoms with van der Waals surface area (Å²) in [6.45, 7) is 0. The summed E-state index contributed by atoms with van der Waals surface area (Å²) >= 11 is 2.31. The molecule has 124 valence electrons. The number of halogens is 1. The first-order chi connectivity index (χ1) is 11.0. The molecule has 0 N–H and O–H groups in total. The van der Waals surface area contributed by atoms with Crippen LogP contribution < -0.4 is 0 Å². The van der Waals surface area contributed by atoms with Crippen molar-refractivity contribution in [3.05, 3.63) is 35.9 Å². The number of esters is 2. The predicted octanol–water partition coefficient (Wildman–Crippen LogP) is 2.28. The summed E-state index contributed by atoms with van der Waals surface area (Å²) in [6, 6.07) is 9.30. The SMILES string of the molecule is COC(=O)[C@H]1[C@H](OC(=O)c2ccccc2)C(I)[C@H]2CC[C@@H]1N2C. The van der Waals surface area contributed by atoms with Gasteiger partial charge in [0.15, 0.2) is 0 Å². The van der Waals surface area contributed by atoms with E-state index in [-0.39, 0.29) is 21.9 Å². The van der Waals surface area contributed by atoms with Crippen molar-refractivity contribution >= 4 is 34.5 Å². The molecule has 1 aromatic rings. The number of piperidine rings is 1. The molecule has 2 bridgehead atoms. The Morgan fingerprint density at radius 3 is 2.48 bits per heavy atom. The third kappa shape index (κ3) is 2.98. The largest absolute Gasteiger partial charge is 0.469 e. The highest BCUT2D eigenvalue weighted by Gasteiger charge is 2.55. The quantitative estimate of drug-likeness (QED) is 0.420. The molecule has 2 fully saturated rings. The molecule has 1 aromatic carbocycles. The summed E-state index contributed by atoms with van der Waals surface area (Å²) in [6.07, 6.45) is 1.49. The van der Waals surface area contributed by atoms with Crippen molar-refractivity contribution in [3.63, 3.8) is 0 Å². The lowest BCUT2D eigenvalue weighted by Gasteiger charge is -2.44. The van der Waals surface area contributed by atoms with Crippen LogP contribution in [-0.4, -0.2) is 53.1 Å². The summed E-state index contributed by atoms with van der Waals surface area (Å²) in [5.41, 5.74) is 0.506. The van der Waals surface area contributed by atoms with E-state index in [1.165, 1.54) is 7.11 Å². The van der Waals surface area contributed by atoms with Gasteiger partial charge in [-0.05, 0) is 32.0 Å². The topological polar surface area (TPSA) is 55.8 Å². The van der Waals surface area contributed by atoms with Crippen LogP contribution in [0.3, 0.4) is 0 Å². The average Bonchev–Trinajstić information content (AvgIpc) is 2.87. The Bertz CT molecular complexity index is 594. The summed E-state index contributed by atoms with van der Waals surface area (Å²) < 4.78 is 10.8. The van der Waals surface area contributed by atoms with Gasteiger partial charge in [0.2, 0.25) is 0 Å². The molecule has 0 spiro atoms. The van der Waals surface area contributed by atoms with E-state index in [0.717, 1.165) is 12.8 Å². The first-order valence-electron chi connectivity index (χ1n) is 7.74. The number of nitrogens with zero attached hydrogens (tertiary/aromatic N) is 1. The summed E-state index contributed by atoms with van der Waals surface area (Å²) in [5.74, 6) is -1.11. The molecule has 5 atom stereocenters. The van der Waals surface area contributed by atoms with Gasteiger partial charge in [0, 0.05) is 12.1 Å². The van der Waals surface area contributed by atoms with E-state index in [1.54, 1.807) is 24.3 Å². The number of alkyl halides is 1. The maximum Gasteiger partial charge on any atom is 0.338 e. The molecule has 0 aromatic heterocycles. The number of fused-ring (bicyclic) bond motifs is 2. The first-order valence-corrected chi connectivity index (χ1v) is 8.99. The van der Waals surface area contributed by atoms with Crippen molar-refractivity contribution in [2.75, 3.05) is 14.2 Å². The molecule has 5 nitrogen and oxygen atoms in total. The Labute approximate surface area is 149 Å². The van der Waals surface area contributed by atoms with E-state index in [0.29, 0.717) is 11.6 Å². The lowest BCUT2D eigenvalue weighted by Crippen LogP contribution is -2.59. The van der Waals surface area contributed by atoms with Crippen LogP contribution in [0.25, 0.3) is 0 Å². The van der Waals surface area contributed by atoms with E-state index in [4.69, 9.17) is 9.47 Å². The van der Waals surface area contributed by atoms with Gasteiger partial charge in [-0.2, -0.15) is 0 Å². The smallest absolute Gasteiger partial charge is 0.338 e. The Kier molecular flexibility index (Phi) is 4.91. The zero-order valence-corrected chi connectivity index (χ0v) is 15.3. The molecule has 2 heterocycles. The summed E-state index contributed by atoms with van der Waals surface area (Å²) in [5, 5.41) is 0. The van der Waals surface area contributed by atoms with Gasteiger partial charge in [-0.1, -0.05) is 40.8 Å². The van der Waals surface area contributed by atoms with E-state index in [2.05, 4.69) is 27.5 Å². The Morgan fingerprint density at radius 1 is 1.17 bits per heavy atom. The van der Waals surface area contributed by atoms with Crippen LogP contribution in [0.1, 0.15) is 23.2 Å². The second kappa shape index (κ2) is 6.76. The maximum absolute atomic E-state index is 12.4. The van der Waals surface area contributed by atoms with E-state index in [1.807, 2.05) is 13.1 Å². The number of benzene rings is 1. The number of hydrogen-bond acceptors (Lipinski definition) is 5. The summed E-state index contributed by atoms with van der Waals surface area (Å²) in [4.78, 5) is 27.0. The second-order valence-corrected chi connectivity index (χ2v) is 7.55. The van der Waals surface area contributed by atoms with Gasteiger partial charge < -0.3 is 9.47 Å². The van der Waals surface area contributed by atoms with Crippen molar-refractivity contribution in [3.8, 4) is 0 Å². The van der Waals surface area contributed by atoms with Crippen molar-refractivity contribution in [2.45, 2.75) is 35.0 Å². The zero-order chi connectivity index (χ0) is 16.6. The van der Waals surface area contributed by atoms with Crippen LogP contribution in [0.5, 0.6) is 0 Å². The van der Waals surface area contributed by atoms with Crippen LogP contribution >= 0.6 is 22.6 Å². The second-order valence-electron chi connectivity index (χ2n) is 6.11. The van der Waals surface area contributed by atoms with Crippen LogP contribution in [0.4, 0.5) is 0 Å². The maximum atomic E-state index is 12.4. The Morgan fingerprint density at radius 2 is 1.83 bits per heavy atom. The number of ether oxygens (including phenoxy) is 2. The molecular formula is C17H20INO4. The number of carbonyl (C=O) groups excluding carboxylic acids is 2. The molecule has 0 aliphatic carbocycles. The van der Waals surface area contributed by atoms with Gasteiger partial charge in [0.1, 0.15) is 12.0 Å². The van der Waals surface area contributed by atoms with Gasteiger partial charge in [0.05, 0.1) is 16.6 Å². The molecule has 1 unspecified atom stereocenters. The molecule has 23 heavy (non-hydrogen) atoms. The molecule has 2 aliphatic heterocycles. The molecule has 2 aliphatic rings. The molecular weight excluding hydrogens is 409 g/mol. The van der Waals surface area contributed by atoms with Crippen LogP contribution in [0.2, 0.25) is 0 Å². The third-order valence-corrected chi connectivity index (χ3v) is 6.52. The number of carbonyl (C=O) groups is 2. The highest BCUT2D eigenvalue weighted by atomic mass is 127. The van der Waals surface area contributed by atoms with E-state index >= 15 is 0 Å². The van der Waals surface area contributed by atoms with Gasteiger partial charge in [-0.25, -0.2) is 4.79 Å². The fraction of sp³-hybridized carbons (Fsp3) is 0.529. The minimum Gasteiger partial charge on any atom is -0.469 e. The molecule has 2 saturated heterocycles. The van der Waals surface area contributed by atoms with Crippen molar-refractivity contribution in [2.24, 2.45) is 5.92 Å². The van der Waals surface area contributed by atoms with Gasteiger partial charge in [-0.3, -0.25) is 9.69 Å². The zero-order valence-electron chi connectivity index (χ0n) is 13.1. The molecule has 6 heteroatoms. The average molecular weight is 429 g/mol. The van der Waals surface area contributed by atoms with E-state index < -0.39 is 12.0 Å². The van der Waals surface area contributed by atoms with Gasteiger partial charge >= 0.3 is 11.9 Å². The Hall–Kier alpha value is -1.15. The monoisotopic (exact) mass is 429 g/mol. The van der Waals surface area contributed by atoms with Crippen molar-refractivity contribution in [1.29, 1.82) is 0 Å². The van der Waals surface area contributed by atoms with Gasteiger partial charge in [0.25, 0.3) is 0 Å². The fourth-order valence-corrected chi connectivity index (χ4v) is 5.24. The van der Waals surface area contributed by atoms with E-state index in [9.17, 15) is 9.59 Å². The highest BCUT2D eigenvalue weighted by Crippen LogP contribution is 2.43. The predicted molar refractivity (Wildman–Crippen MR) is 93.5 cm³/mol. The lowest BCUT2D eigenvalue weighted by atomic mass is 9.87.